The lowest BCUT2D eigenvalue weighted by Crippen LogP contribution is -2.55. The smallest absolute Gasteiger partial charge is 0.342 e. The summed E-state index contributed by atoms with van der Waals surface area (Å²) in [4.78, 5) is 50.5. The van der Waals surface area contributed by atoms with Crippen molar-refractivity contribution in [2.24, 2.45) is 0 Å². The molecule has 0 N–H and O–H groups in total. The molecule has 32 heavy (non-hydrogen) atoms. The Labute approximate surface area is 186 Å². The fourth-order valence-corrected chi connectivity index (χ4v) is 3.85. The number of rotatable bonds is 4. The lowest BCUT2D eigenvalue weighted by Gasteiger charge is -2.40. The van der Waals surface area contributed by atoms with Crippen LogP contribution in [0, 0.1) is 12.7 Å². The van der Waals surface area contributed by atoms with Gasteiger partial charge < -0.3 is 14.5 Å². The topological polar surface area (TPSA) is 92.7 Å². The summed E-state index contributed by atoms with van der Waals surface area (Å²) in [6.45, 7) is 8.02. The Morgan fingerprint density at radius 3 is 2.47 bits per heavy atom. The number of hydrogen-bond acceptors (Lipinski definition) is 6. The van der Waals surface area contributed by atoms with Crippen LogP contribution in [-0.2, 0) is 4.74 Å². The Morgan fingerprint density at radius 2 is 1.88 bits per heavy atom. The molecule has 9 heteroatoms. The van der Waals surface area contributed by atoms with Crippen LogP contribution < -0.4 is 0 Å². The molecule has 0 bridgehead atoms. The van der Waals surface area contributed by atoms with E-state index < -0.39 is 17.7 Å². The van der Waals surface area contributed by atoms with E-state index in [0.29, 0.717) is 11.5 Å². The molecule has 0 radical (unpaired) electrons. The van der Waals surface area contributed by atoms with Crippen molar-refractivity contribution in [3.8, 4) is 0 Å². The number of aryl methyl sites for hydroxylation is 1. The number of aromatic nitrogens is 2. The number of methoxy groups -OCH3 is 1. The molecule has 170 valence electrons. The van der Waals surface area contributed by atoms with Gasteiger partial charge in [0, 0.05) is 31.2 Å². The summed E-state index contributed by atoms with van der Waals surface area (Å²) in [5.41, 5.74) is 0.799. The van der Waals surface area contributed by atoms with Gasteiger partial charge in [-0.25, -0.2) is 19.2 Å². The molecule has 1 fully saturated rings. The van der Waals surface area contributed by atoms with Gasteiger partial charge in [-0.2, -0.15) is 0 Å². The van der Waals surface area contributed by atoms with Gasteiger partial charge in [0.05, 0.1) is 12.8 Å². The molecule has 1 aliphatic rings. The first-order valence-electron chi connectivity index (χ1n) is 10.5. The van der Waals surface area contributed by atoms with Crippen LogP contribution >= 0.6 is 0 Å². The molecule has 2 heterocycles. The summed E-state index contributed by atoms with van der Waals surface area (Å²) in [6, 6.07) is 5.23. The zero-order chi connectivity index (χ0) is 23.6. The van der Waals surface area contributed by atoms with E-state index in [-0.39, 0.29) is 54.3 Å². The molecule has 2 amide bonds. The van der Waals surface area contributed by atoms with Crippen molar-refractivity contribution in [1.29, 1.82) is 0 Å². The van der Waals surface area contributed by atoms with Gasteiger partial charge in [0.1, 0.15) is 22.9 Å². The zero-order valence-electron chi connectivity index (χ0n) is 18.9. The Hall–Kier alpha value is -3.36. The van der Waals surface area contributed by atoms with Crippen LogP contribution in [0.3, 0.4) is 0 Å². The quantitative estimate of drug-likeness (QED) is 0.676. The van der Waals surface area contributed by atoms with Crippen molar-refractivity contribution in [1.82, 2.24) is 19.8 Å². The van der Waals surface area contributed by atoms with Crippen molar-refractivity contribution in [2.45, 2.75) is 39.7 Å². The second-order valence-corrected chi connectivity index (χ2v) is 8.14. The van der Waals surface area contributed by atoms with Crippen LogP contribution in [0.25, 0.3) is 0 Å². The van der Waals surface area contributed by atoms with Gasteiger partial charge in [-0.1, -0.05) is 19.9 Å². The fraction of sp³-hybridized carbons (Fsp3) is 0.435. The van der Waals surface area contributed by atoms with Gasteiger partial charge >= 0.3 is 5.97 Å². The SMILES string of the molecule is COC(=O)c1c(C(=O)N2CCN(C(=O)c3cccc(F)c3)C(C)C2)nc(C)nc1C(C)C. The minimum Gasteiger partial charge on any atom is -0.465 e. The molecule has 1 atom stereocenters. The molecule has 0 spiro atoms. The third-order valence-corrected chi connectivity index (χ3v) is 5.43. The van der Waals surface area contributed by atoms with Gasteiger partial charge in [0.25, 0.3) is 11.8 Å². The van der Waals surface area contributed by atoms with E-state index in [2.05, 4.69) is 9.97 Å². The molecule has 0 saturated carbocycles. The number of halogens is 1. The molecule has 2 aromatic rings. The highest BCUT2D eigenvalue weighted by molar-refractivity contribution is 6.05. The molecule has 1 aliphatic heterocycles. The largest absolute Gasteiger partial charge is 0.465 e. The lowest BCUT2D eigenvalue weighted by molar-refractivity contribution is 0.0407. The number of carbonyl (C=O) groups excluding carboxylic acids is 3. The van der Waals surface area contributed by atoms with E-state index in [1.54, 1.807) is 22.8 Å². The van der Waals surface area contributed by atoms with Crippen LogP contribution in [0.2, 0.25) is 0 Å². The lowest BCUT2D eigenvalue weighted by atomic mass is 10.0. The Balaban J connectivity index is 1.86. The number of carbonyl (C=O) groups is 3. The van der Waals surface area contributed by atoms with Crippen LogP contribution in [0.5, 0.6) is 0 Å². The molecular weight excluding hydrogens is 415 g/mol. The van der Waals surface area contributed by atoms with Gasteiger partial charge in [-0.05, 0) is 38.0 Å². The van der Waals surface area contributed by atoms with E-state index in [0.717, 1.165) is 0 Å². The molecule has 1 unspecified atom stereocenters. The normalized spacial score (nSPS) is 16.3. The molecular formula is C23H27FN4O4. The number of hydrogen-bond donors (Lipinski definition) is 0. The highest BCUT2D eigenvalue weighted by Gasteiger charge is 2.34. The van der Waals surface area contributed by atoms with Gasteiger partial charge in [-0.3, -0.25) is 9.59 Å². The molecule has 1 aromatic carbocycles. The van der Waals surface area contributed by atoms with E-state index in [4.69, 9.17) is 4.74 Å². The first-order chi connectivity index (χ1) is 15.1. The minimum atomic E-state index is -0.662. The predicted molar refractivity (Wildman–Crippen MR) is 115 cm³/mol. The molecule has 1 aromatic heterocycles. The van der Waals surface area contributed by atoms with E-state index in [1.807, 2.05) is 20.8 Å². The third kappa shape index (κ3) is 4.61. The van der Waals surface area contributed by atoms with Crippen molar-refractivity contribution in [3.63, 3.8) is 0 Å². The third-order valence-electron chi connectivity index (χ3n) is 5.43. The van der Waals surface area contributed by atoms with Crippen molar-refractivity contribution in [2.75, 3.05) is 26.7 Å². The monoisotopic (exact) mass is 442 g/mol. The molecule has 1 saturated heterocycles. The summed E-state index contributed by atoms with van der Waals surface area (Å²) >= 11 is 0. The number of amides is 2. The molecule has 0 aliphatic carbocycles. The highest BCUT2D eigenvalue weighted by atomic mass is 19.1. The minimum absolute atomic E-state index is 0.00477. The van der Waals surface area contributed by atoms with Gasteiger partial charge in [0.2, 0.25) is 0 Å². The summed E-state index contributed by atoms with van der Waals surface area (Å²) in [7, 11) is 1.25. The standard InChI is InChI=1S/C23H27FN4O4/c1-13(2)19-18(23(31)32-5)20(26-15(4)25-19)22(30)27-9-10-28(14(3)12-27)21(29)16-7-6-8-17(24)11-16/h6-8,11,13-14H,9-10,12H2,1-5H3. The van der Waals surface area contributed by atoms with Crippen LogP contribution in [-0.4, -0.2) is 70.3 Å². The number of nitrogens with zero attached hydrogens (tertiary/aromatic N) is 4. The van der Waals surface area contributed by atoms with Crippen LogP contribution in [0.1, 0.15) is 69.4 Å². The second-order valence-electron chi connectivity index (χ2n) is 8.14. The number of ether oxygens (including phenoxy) is 1. The maximum atomic E-state index is 13.5. The second kappa shape index (κ2) is 9.42. The zero-order valence-corrected chi connectivity index (χ0v) is 18.9. The van der Waals surface area contributed by atoms with E-state index in [1.165, 1.54) is 25.3 Å². The highest BCUT2D eigenvalue weighted by Crippen LogP contribution is 2.24. The summed E-state index contributed by atoms with van der Waals surface area (Å²) in [6.07, 6.45) is 0. The maximum Gasteiger partial charge on any atom is 0.342 e. The van der Waals surface area contributed by atoms with Crippen molar-refractivity contribution < 1.29 is 23.5 Å². The Kier molecular flexibility index (Phi) is 6.86. The molecule has 8 nitrogen and oxygen atoms in total. The number of piperazine rings is 1. The summed E-state index contributed by atoms with van der Waals surface area (Å²) in [5.74, 6) is -1.57. The van der Waals surface area contributed by atoms with Crippen LogP contribution in [0.4, 0.5) is 4.39 Å². The van der Waals surface area contributed by atoms with Gasteiger partial charge in [-0.15, -0.1) is 0 Å². The average Bonchev–Trinajstić information content (AvgIpc) is 2.76. The first kappa shape index (κ1) is 23.3. The summed E-state index contributed by atoms with van der Waals surface area (Å²) < 4.78 is 18.4. The maximum absolute atomic E-state index is 13.5. The van der Waals surface area contributed by atoms with E-state index in [9.17, 15) is 18.8 Å². The predicted octanol–water partition coefficient (Wildman–Crippen LogP) is 2.82. The average molecular weight is 442 g/mol. The van der Waals surface area contributed by atoms with Crippen LogP contribution in [0.15, 0.2) is 24.3 Å². The van der Waals surface area contributed by atoms with Gasteiger partial charge in [0.15, 0.2) is 0 Å². The molecule has 3 rings (SSSR count). The number of esters is 1. The fourth-order valence-electron chi connectivity index (χ4n) is 3.85. The Bertz CT molecular complexity index is 1060. The van der Waals surface area contributed by atoms with Crippen molar-refractivity contribution in [3.05, 3.63) is 58.4 Å². The Morgan fingerprint density at radius 1 is 1.16 bits per heavy atom. The van der Waals surface area contributed by atoms with Crippen molar-refractivity contribution >= 4 is 17.8 Å². The number of benzene rings is 1. The summed E-state index contributed by atoms with van der Waals surface area (Å²) in [5, 5.41) is 0. The first-order valence-corrected chi connectivity index (χ1v) is 10.5. The van der Waals surface area contributed by atoms with E-state index >= 15 is 0 Å².